The molecule has 0 saturated carbocycles. The molecule has 2 aromatic rings. The van der Waals surface area contributed by atoms with E-state index in [1.54, 1.807) is 6.07 Å². The summed E-state index contributed by atoms with van der Waals surface area (Å²) >= 11 is 0. The Bertz CT molecular complexity index is 500. The maximum Gasteiger partial charge on any atom is 0.134 e. The predicted octanol–water partition coefficient (Wildman–Crippen LogP) is 3.04. The standard InChI is InChI=1S/C13H14FNO/c14-11-1-2-12-10(7-11)8-13(16-12)9-3-5-15-6-4-9/h1-2,7-9,15H,3-6H2. The normalized spacial score (nSPS) is 18.1. The van der Waals surface area contributed by atoms with Gasteiger partial charge in [-0.2, -0.15) is 0 Å². The molecular formula is C13H14FNO. The zero-order valence-electron chi connectivity index (χ0n) is 9.00. The van der Waals surface area contributed by atoms with E-state index in [9.17, 15) is 4.39 Å². The Morgan fingerprint density at radius 3 is 2.81 bits per heavy atom. The molecule has 1 aliphatic rings. The van der Waals surface area contributed by atoms with Crippen molar-refractivity contribution in [2.75, 3.05) is 13.1 Å². The van der Waals surface area contributed by atoms with Crippen LogP contribution in [0.5, 0.6) is 0 Å². The lowest BCUT2D eigenvalue weighted by molar-refractivity contribution is 0.397. The summed E-state index contributed by atoms with van der Waals surface area (Å²) in [5, 5.41) is 4.19. The van der Waals surface area contributed by atoms with Gasteiger partial charge in [0.2, 0.25) is 0 Å². The monoisotopic (exact) mass is 219 g/mol. The molecule has 0 aliphatic carbocycles. The van der Waals surface area contributed by atoms with Crippen molar-refractivity contribution in [3.63, 3.8) is 0 Å². The van der Waals surface area contributed by atoms with Gasteiger partial charge in [-0.3, -0.25) is 0 Å². The van der Waals surface area contributed by atoms with E-state index in [1.807, 2.05) is 6.07 Å². The van der Waals surface area contributed by atoms with Gasteiger partial charge in [0, 0.05) is 11.3 Å². The number of rotatable bonds is 1. The average Bonchev–Trinajstić information content (AvgIpc) is 2.73. The molecule has 1 N–H and O–H groups in total. The first-order valence-electron chi connectivity index (χ1n) is 5.72. The summed E-state index contributed by atoms with van der Waals surface area (Å²) in [6.07, 6.45) is 2.20. The minimum atomic E-state index is -0.204. The van der Waals surface area contributed by atoms with E-state index in [0.29, 0.717) is 5.92 Å². The van der Waals surface area contributed by atoms with Gasteiger partial charge in [-0.05, 0) is 50.2 Å². The summed E-state index contributed by atoms with van der Waals surface area (Å²) in [7, 11) is 0. The highest BCUT2D eigenvalue weighted by Gasteiger charge is 2.18. The summed E-state index contributed by atoms with van der Waals surface area (Å²) in [4.78, 5) is 0. The Morgan fingerprint density at radius 1 is 1.19 bits per heavy atom. The third kappa shape index (κ3) is 1.71. The molecule has 0 spiro atoms. The summed E-state index contributed by atoms with van der Waals surface area (Å²) in [6, 6.07) is 6.66. The average molecular weight is 219 g/mol. The molecule has 1 aromatic carbocycles. The Kier molecular flexibility index (Phi) is 2.40. The van der Waals surface area contributed by atoms with E-state index < -0.39 is 0 Å². The van der Waals surface area contributed by atoms with Crippen LogP contribution in [0.1, 0.15) is 24.5 Å². The molecule has 1 saturated heterocycles. The van der Waals surface area contributed by atoms with Crippen LogP contribution in [0.3, 0.4) is 0 Å². The third-order valence-corrected chi connectivity index (χ3v) is 3.24. The van der Waals surface area contributed by atoms with Crippen LogP contribution < -0.4 is 5.32 Å². The molecule has 2 nitrogen and oxygen atoms in total. The van der Waals surface area contributed by atoms with Crippen LogP contribution >= 0.6 is 0 Å². The van der Waals surface area contributed by atoms with Gasteiger partial charge in [0.1, 0.15) is 17.2 Å². The Morgan fingerprint density at radius 2 is 2.00 bits per heavy atom. The Balaban J connectivity index is 1.97. The van der Waals surface area contributed by atoms with E-state index >= 15 is 0 Å². The molecule has 1 aromatic heterocycles. The Hall–Kier alpha value is -1.35. The van der Waals surface area contributed by atoms with Gasteiger partial charge < -0.3 is 9.73 Å². The minimum Gasteiger partial charge on any atom is -0.461 e. The summed E-state index contributed by atoms with van der Waals surface area (Å²) in [5.41, 5.74) is 0.787. The Labute approximate surface area is 93.4 Å². The molecule has 0 radical (unpaired) electrons. The minimum absolute atomic E-state index is 0.204. The molecule has 3 rings (SSSR count). The number of hydrogen-bond donors (Lipinski definition) is 1. The lowest BCUT2D eigenvalue weighted by Crippen LogP contribution is -2.26. The van der Waals surface area contributed by atoms with Crippen molar-refractivity contribution in [2.45, 2.75) is 18.8 Å². The van der Waals surface area contributed by atoms with Gasteiger partial charge in [0.15, 0.2) is 0 Å². The van der Waals surface area contributed by atoms with E-state index in [1.165, 1.54) is 12.1 Å². The highest BCUT2D eigenvalue weighted by atomic mass is 19.1. The van der Waals surface area contributed by atoms with Crippen molar-refractivity contribution in [3.8, 4) is 0 Å². The zero-order chi connectivity index (χ0) is 11.0. The second-order valence-electron chi connectivity index (χ2n) is 4.36. The first-order chi connectivity index (χ1) is 7.83. The van der Waals surface area contributed by atoms with Crippen LogP contribution in [0.4, 0.5) is 4.39 Å². The van der Waals surface area contributed by atoms with Gasteiger partial charge in [-0.15, -0.1) is 0 Å². The smallest absolute Gasteiger partial charge is 0.134 e. The molecule has 0 amide bonds. The topological polar surface area (TPSA) is 25.2 Å². The van der Waals surface area contributed by atoms with Crippen LogP contribution in [0.2, 0.25) is 0 Å². The highest BCUT2D eigenvalue weighted by molar-refractivity contribution is 5.78. The number of nitrogens with one attached hydrogen (secondary N) is 1. The van der Waals surface area contributed by atoms with Crippen molar-refractivity contribution < 1.29 is 8.81 Å². The van der Waals surface area contributed by atoms with E-state index in [4.69, 9.17) is 4.42 Å². The summed E-state index contributed by atoms with van der Waals surface area (Å²) < 4.78 is 18.8. The largest absolute Gasteiger partial charge is 0.461 e. The predicted molar refractivity (Wildman–Crippen MR) is 61.0 cm³/mol. The molecule has 16 heavy (non-hydrogen) atoms. The van der Waals surface area contributed by atoms with E-state index in [0.717, 1.165) is 42.7 Å². The lowest BCUT2D eigenvalue weighted by atomic mass is 9.95. The fraction of sp³-hybridized carbons (Fsp3) is 0.385. The maximum absolute atomic E-state index is 13.0. The SMILES string of the molecule is Fc1ccc2oc(C3CCNCC3)cc2c1. The van der Waals surface area contributed by atoms with Gasteiger partial charge >= 0.3 is 0 Å². The third-order valence-electron chi connectivity index (χ3n) is 3.24. The van der Waals surface area contributed by atoms with Crippen molar-refractivity contribution >= 4 is 11.0 Å². The highest BCUT2D eigenvalue weighted by Crippen LogP contribution is 2.30. The first-order valence-corrected chi connectivity index (χ1v) is 5.72. The lowest BCUT2D eigenvalue weighted by Gasteiger charge is -2.20. The van der Waals surface area contributed by atoms with Crippen LogP contribution in [0.15, 0.2) is 28.7 Å². The van der Waals surface area contributed by atoms with Gasteiger partial charge in [-0.1, -0.05) is 0 Å². The van der Waals surface area contributed by atoms with E-state index in [2.05, 4.69) is 5.32 Å². The van der Waals surface area contributed by atoms with Crippen LogP contribution in [-0.4, -0.2) is 13.1 Å². The number of hydrogen-bond acceptors (Lipinski definition) is 2. The fourth-order valence-electron chi connectivity index (χ4n) is 2.34. The van der Waals surface area contributed by atoms with E-state index in [-0.39, 0.29) is 5.82 Å². The molecule has 1 aliphatic heterocycles. The number of benzene rings is 1. The van der Waals surface area contributed by atoms with Gasteiger partial charge in [0.25, 0.3) is 0 Å². The van der Waals surface area contributed by atoms with Crippen molar-refractivity contribution in [1.29, 1.82) is 0 Å². The second kappa shape index (κ2) is 3.91. The molecule has 84 valence electrons. The van der Waals surface area contributed by atoms with Crippen LogP contribution in [-0.2, 0) is 0 Å². The molecule has 2 heterocycles. The van der Waals surface area contributed by atoms with Gasteiger partial charge in [0.05, 0.1) is 0 Å². The fourth-order valence-corrected chi connectivity index (χ4v) is 2.34. The quantitative estimate of drug-likeness (QED) is 0.797. The zero-order valence-corrected chi connectivity index (χ0v) is 9.00. The van der Waals surface area contributed by atoms with Crippen molar-refractivity contribution in [2.24, 2.45) is 0 Å². The number of piperidine rings is 1. The van der Waals surface area contributed by atoms with Crippen LogP contribution in [0, 0.1) is 5.82 Å². The van der Waals surface area contributed by atoms with Crippen LogP contribution in [0.25, 0.3) is 11.0 Å². The number of fused-ring (bicyclic) bond motifs is 1. The van der Waals surface area contributed by atoms with Crippen molar-refractivity contribution in [3.05, 3.63) is 35.8 Å². The second-order valence-corrected chi connectivity index (χ2v) is 4.36. The van der Waals surface area contributed by atoms with Crippen molar-refractivity contribution in [1.82, 2.24) is 5.32 Å². The molecule has 3 heteroatoms. The number of halogens is 1. The molecule has 0 bridgehead atoms. The number of furan rings is 1. The maximum atomic E-state index is 13.0. The van der Waals surface area contributed by atoms with Gasteiger partial charge in [-0.25, -0.2) is 4.39 Å². The molecular weight excluding hydrogens is 205 g/mol. The molecule has 1 fully saturated rings. The molecule has 0 unspecified atom stereocenters. The summed E-state index contributed by atoms with van der Waals surface area (Å²) in [5.74, 6) is 1.28. The molecule has 0 atom stereocenters. The summed E-state index contributed by atoms with van der Waals surface area (Å²) in [6.45, 7) is 2.08. The first kappa shape index (κ1) is 9.85.